The summed E-state index contributed by atoms with van der Waals surface area (Å²) < 4.78 is 56.0. The van der Waals surface area contributed by atoms with Crippen LogP contribution in [0.2, 0.25) is 0 Å². The summed E-state index contributed by atoms with van der Waals surface area (Å²) in [5.74, 6) is -1.12. The number of ether oxygens (including phenoxy) is 1. The Labute approximate surface area is 151 Å². The van der Waals surface area contributed by atoms with Crippen LogP contribution in [0.5, 0.6) is 5.75 Å². The topological polar surface area (TPSA) is 127 Å². The van der Waals surface area contributed by atoms with Gasteiger partial charge >= 0.3 is 0 Å². The summed E-state index contributed by atoms with van der Waals surface area (Å²) in [6, 6.07) is 3.24. The fourth-order valence-electron chi connectivity index (χ4n) is 3.05. The van der Waals surface area contributed by atoms with Crippen molar-refractivity contribution in [2.24, 2.45) is 0 Å². The number of imide groups is 1. The number of sulfone groups is 1. The minimum atomic E-state index is -4.11. The lowest BCUT2D eigenvalue weighted by molar-refractivity contribution is -0.121. The van der Waals surface area contributed by atoms with Gasteiger partial charge in [0, 0.05) is 18.9 Å². The van der Waals surface area contributed by atoms with Crippen molar-refractivity contribution in [3.05, 3.63) is 18.2 Å². The van der Waals surface area contributed by atoms with E-state index in [9.17, 15) is 26.4 Å². The smallest absolute Gasteiger partial charge is 0.244 e. The predicted molar refractivity (Wildman–Crippen MR) is 92.1 cm³/mol. The Bertz CT molecular complexity index is 954. The Balaban J connectivity index is 1.96. The number of rotatable bonds is 5. The van der Waals surface area contributed by atoms with Crippen molar-refractivity contribution < 1.29 is 31.2 Å². The van der Waals surface area contributed by atoms with E-state index in [1.165, 1.54) is 25.3 Å². The molecule has 2 saturated heterocycles. The molecule has 1 aromatic carbocycles. The van der Waals surface area contributed by atoms with Gasteiger partial charge in [0.15, 0.2) is 9.84 Å². The van der Waals surface area contributed by atoms with Crippen molar-refractivity contribution in [1.29, 1.82) is 0 Å². The standard InChI is InChI=1S/C15H18N2O7S2/c1-24-12-3-2-11(17-14(18)4-5-15(17)19)8-13(12)26(22,23)16-10-6-7-25(20,21)9-10/h2-3,8,10,16H,4-7,9H2,1H3/t10-/m1/s1. The molecule has 9 nitrogen and oxygen atoms in total. The lowest BCUT2D eigenvalue weighted by atomic mass is 10.2. The van der Waals surface area contributed by atoms with Gasteiger partial charge in [-0.2, -0.15) is 0 Å². The first-order valence-corrected chi connectivity index (χ1v) is 11.2. The molecule has 2 aliphatic rings. The van der Waals surface area contributed by atoms with Crippen LogP contribution in [-0.4, -0.2) is 53.3 Å². The monoisotopic (exact) mass is 402 g/mol. The number of nitrogens with one attached hydrogen (secondary N) is 1. The maximum atomic E-state index is 12.7. The zero-order valence-electron chi connectivity index (χ0n) is 14.0. The van der Waals surface area contributed by atoms with Crippen LogP contribution in [0.15, 0.2) is 23.1 Å². The molecule has 2 aliphatic heterocycles. The quantitative estimate of drug-likeness (QED) is 0.677. The molecule has 0 spiro atoms. The molecule has 0 unspecified atom stereocenters. The van der Waals surface area contributed by atoms with Crippen molar-refractivity contribution >= 4 is 37.4 Å². The van der Waals surface area contributed by atoms with Crippen LogP contribution in [-0.2, 0) is 29.4 Å². The minimum absolute atomic E-state index is 0.0289. The number of carbonyl (C=O) groups excluding carboxylic acids is 2. The largest absolute Gasteiger partial charge is 0.495 e. The zero-order chi connectivity index (χ0) is 19.1. The minimum Gasteiger partial charge on any atom is -0.495 e. The molecular formula is C15H18N2O7S2. The maximum Gasteiger partial charge on any atom is 0.244 e. The first kappa shape index (κ1) is 18.8. The summed E-state index contributed by atoms with van der Waals surface area (Å²) in [5, 5.41) is 0. The summed E-state index contributed by atoms with van der Waals surface area (Å²) in [7, 11) is -6.08. The molecular weight excluding hydrogens is 384 g/mol. The molecule has 0 bridgehead atoms. The molecule has 0 radical (unpaired) electrons. The molecule has 3 rings (SSSR count). The molecule has 11 heteroatoms. The van der Waals surface area contributed by atoms with Crippen LogP contribution >= 0.6 is 0 Å². The van der Waals surface area contributed by atoms with Gasteiger partial charge in [-0.05, 0) is 24.6 Å². The van der Waals surface area contributed by atoms with Gasteiger partial charge < -0.3 is 4.74 Å². The average Bonchev–Trinajstić information content (AvgIpc) is 3.07. The molecule has 1 N–H and O–H groups in total. The molecule has 142 valence electrons. The van der Waals surface area contributed by atoms with Gasteiger partial charge in [0.25, 0.3) is 0 Å². The van der Waals surface area contributed by atoms with E-state index in [1.54, 1.807) is 0 Å². The highest BCUT2D eigenvalue weighted by atomic mass is 32.2. The Kier molecular flexibility index (Phi) is 4.80. The van der Waals surface area contributed by atoms with Gasteiger partial charge in [-0.1, -0.05) is 0 Å². The summed E-state index contributed by atoms with van der Waals surface area (Å²) >= 11 is 0. The number of anilines is 1. The second kappa shape index (κ2) is 6.63. The number of hydrogen-bond acceptors (Lipinski definition) is 7. The second-order valence-electron chi connectivity index (χ2n) is 6.18. The van der Waals surface area contributed by atoms with Gasteiger partial charge in [-0.25, -0.2) is 21.6 Å². The zero-order valence-corrected chi connectivity index (χ0v) is 15.6. The van der Waals surface area contributed by atoms with E-state index in [0.717, 1.165) is 4.90 Å². The number of hydrogen-bond donors (Lipinski definition) is 1. The van der Waals surface area contributed by atoms with E-state index in [4.69, 9.17) is 4.74 Å². The van der Waals surface area contributed by atoms with Crippen molar-refractivity contribution in [2.75, 3.05) is 23.5 Å². The van der Waals surface area contributed by atoms with Crippen LogP contribution in [0, 0.1) is 0 Å². The van der Waals surface area contributed by atoms with E-state index in [1.807, 2.05) is 0 Å². The lowest BCUT2D eigenvalue weighted by Gasteiger charge is -2.18. The molecule has 2 heterocycles. The molecule has 0 saturated carbocycles. The van der Waals surface area contributed by atoms with Gasteiger partial charge in [0.1, 0.15) is 10.6 Å². The first-order chi connectivity index (χ1) is 12.1. The molecule has 2 amide bonds. The van der Waals surface area contributed by atoms with Crippen molar-refractivity contribution in [3.63, 3.8) is 0 Å². The third-order valence-electron chi connectivity index (χ3n) is 4.30. The molecule has 1 atom stereocenters. The van der Waals surface area contributed by atoms with Gasteiger partial charge in [-0.15, -0.1) is 0 Å². The van der Waals surface area contributed by atoms with Crippen LogP contribution in [0.3, 0.4) is 0 Å². The molecule has 2 fully saturated rings. The van der Waals surface area contributed by atoms with Gasteiger partial charge in [0.2, 0.25) is 21.8 Å². The predicted octanol–water partition coefficient (Wildman–Crippen LogP) is -0.186. The summed E-state index contributed by atoms with van der Waals surface area (Å²) in [4.78, 5) is 24.5. The van der Waals surface area contributed by atoms with Crippen LogP contribution < -0.4 is 14.4 Å². The fourth-order valence-corrected chi connectivity index (χ4v) is 6.29. The van der Waals surface area contributed by atoms with Crippen LogP contribution in [0.25, 0.3) is 0 Å². The number of benzene rings is 1. The summed E-state index contributed by atoms with van der Waals surface area (Å²) in [6.07, 6.45) is 0.336. The number of methoxy groups -OCH3 is 1. The highest BCUT2D eigenvalue weighted by molar-refractivity contribution is 7.92. The maximum absolute atomic E-state index is 12.7. The number of carbonyl (C=O) groups is 2. The Hall–Kier alpha value is -1.98. The van der Waals surface area contributed by atoms with E-state index in [0.29, 0.717) is 0 Å². The van der Waals surface area contributed by atoms with Crippen LogP contribution in [0.1, 0.15) is 19.3 Å². The molecule has 0 aliphatic carbocycles. The van der Waals surface area contributed by atoms with E-state index >= 15 is 0 Å². The number of sulfonamides is 1. The molecule has 0 aromatic heterocycles. The van der Waals surface area contributed by atoms with Crippen molar-refractivity contribution in [1.82, 2.24) is 4.72 Å². The number of amides is 2. The molecule has 1 aromatic rings. The Morgan fingerprint density at radius 2 is 1.85 bits per heavy atom. The van der Waals surface area contributed by atoms with Gasteiger partial charge in [0.05, 0.1) is 24.3 Å². The average molecular weight is 402 g/mol. The number of nitrogens with zero attached hydrogens (tertiary/aromatic N) is 1. The fraction of sp³-hybridized carbons (Fsp3) is 0.467. The summed E-state index contributed by atoms with van der Waals surface area (Å²) in [6.45, 7) is 0. The van der Waals surface area contributed by atoms with Crippen molar-refractivity contribution in [3.8, 4) is 5.75 Å². The second-order valence-corrected chi connectivity index (χ2v) is 10.1. The highest BCUT2D eigenvalue weighted by Gasteiger charge is 2.34. The summed E-state index contributed by atoms with van der Waals surface area (Å²) in [5.41, 5.74) is 0.137. The van der Waals surface area contributed by atoms with E-state index < -0.39 is 37.7 Å². The van der Waals surface area contributed by atoms with Crippen molar-refractivity contribution in [2.45, 2.75) is 30.2 Å². The van der Waals surface area contributed by atoms with Gasteiger partial charge in [-0.3, -0.25) is 14.5 Å². The Morgan fingerprint density at radius 3 is 2.38 bits per heavy atom. The first-order valence-electron chi connectivity index (χ1n) is 7.89. The highest BCUT2D eigenvalue weighted by Crippen LogP contribution is 2.31. The molecule has 26 heavy (non-hydrogen) atoms. The SMILES string of the molecule is COc1ccc(N2C(=O)CCC2=O)cc1S(=O)(=O)N[C@@H]1CCS(=O)(=O)C1. The van der Waals surface area contributed by atoms with E-state index in [-0.39, 0.29) is 47.1 Å². The third kappa shape index (κ3) is 3.60. The van der Waals surface area contributed by atoms with Crippen LogP contribution in [0.4, 0.5) is 5.69 Å². The van der Waals surface area contributed by atoms with E-state index in [2.05, 4.69) is 4.72 Å². The third-order valence-corrected chi connectivity index (χ3v) is 7.61. The Morgan fingerprint density at radius 1 is 1.19 bits per heavy atom. The lowest BCUT2D eigenvalue weighted by Crippen LogP contribution is -2.36. The normalized spacial score (nSPS) is 22.8.